The summed E-state index contributed by atoms with van der Waals surface area (Å²) in [6.07, 6.45) is 3.05. The summed E-state index contributed by atoms with van der Waals surface area (Å²) in [7, 11) is 2.03. The van der Waals surface area contributed by atoms with E-state index in [0.717, 1.165) is 24.8 Å². The van der Waals surface area contributed by atoms with Gasteiger partial charge in [-0.1, -0.05) is 0 Å². The van der Waals surface area contributed by atoms with Crippen LogP contribution < -0.4 is 5.32 Å². The predicted molar refractivity (Wildman–Crippen MR) is 60.6 cm³/mol. The number of nitrogens with one attached hydrogen (secondary N) is 1. The molecule has 1 aliphatic heterocycles. The van der Waals surface area contributed by atoms with Crippen LogP contribution in [0.15, 0.2) is 22.8 Å². The molecule has 1 fully saturated rings. The van der Waals surface area contributed by atoms with E-state index in [0.29, 0.717) is 6.04 Å². The highest BCUT2D eigenvalue weighted by molar-refractivity contribution is 4.99. The fourth-order valence-corrected chi connectivity index (χ4v) is 2.44. The molecule has 84 valence electrons. The molecule has 1 N–H and O–H groups in total. The first kappa shape index (κ1) is 10.7. The SMILES string of the molecule is CNCC1CCN(Cc2ccco2)C1C. The van der Waals surface area contributed by atoms with Gasteiger partial charge in [-0.25, -0.2) is 0 Å². The maximum Gasteiger partial charge on any atom is 0.117 e. The fourth-order valence-electron chi connectivity index (χ4n) is 2.44. The molecule has 1 aromatic heterocycles. The van der Waals surface area contributed by atoms with Crippen molar-refractivity contribution in [1.82, 2.24) is 10.2 Å². The lowest BCUT2D eigenvalue weighted by molar-refractivity contribution is 0.215. The Labute approximate surface area is 91.4 Å². The number of nitrogens with zero attached hydrogens (tertiary/aromatic N) is 1. The normalized spacial score (nSPS) is 27.3. The Morgan fingerprint density at radius 1 is 1.60 bits per heavy atom. The van der Waals surface area contributed by atoms with E-state index in [1.807, 2.05) is 13.1 Å². The van der Waals surface area contributed by atoms with E-state index in [9.17, 15) is 0 Å². The van der Waals surface area contributed by atoms with Gasteiger partial charge in [0.05, 0.1) is 12.8 Å². The molecule has 2 rings (SSSR count). The third kappa shape index (κ3) is 2.41. The van der Waals surface area contributed by atoms with Gasteiger partial charge < -0.3 is 9.73 Å². The topological polar surface area (TPSA) is 28.4 Å². The van der Waals surface area contributed by atoms with Crippen LogP contribution >= 0.6 is 0 Å². The van der Waals surface area contributed by atoms with Crippen molar-refractivity contribution in [2.45, 2.75) is 25.9 Å². The molecule has 0 bridgehead atoms. The van der Waals surface area contributed by atoms with Crippen LogP contribution in [0.1, 0.15) is 19.1 Å². The van der Waals surface area contributed by atoms with E-state index in [1.54, 1.807) is 6.26 Å². The van der Waals surface area contributed by atoms with Crippen molar-refractivity contribution in [2.75, 3.05) is 20.1 Å². The number of likely N-dealkylation sites (tertiary alicyclic amines) is 1. The highest BCUT2D eigenvalue weighted by Gasteiger charge is 2.30. The van der Waals surface area contributed by atoms with Gasteiger partial charge in [-0.2, -0.15) is 0 Å². The fraction of sp³-hybridized carbons (Fsp3) is 0.667. The molecule has 1 aromatic rings. The molecule has 0 aliphatic carbocycles. The first-order valence-electron chi connectivity index (χ1n) is 5.72. The van der Waals surface area contributed by atoms with Gasteiger partial charge in [0.15, 0.2) is 0 Å². The van der Waals surface area contributed by atoms with Gasteiger partial charge in [0.25, 0.3) is 0 Å². The maximum absolute atomic E-state index is 5.38. The number of furan rings is 1. The summed E-state index contributed by atoms with van der Waals surface area (Å²) in [5, 5.41) is 3.27. The first-order chi connectivity index (χ1) is 7.31. The molecule has 0 aromatic carbocycles. The Balaban J connectivity index is 1.89. The van der Waals surface area contributed by atoms with Crippen molar-refractivity contribution in [3.63, 3.8) is 0 Å². The molecule has 0 amide bonds. The molecule has 2 atom stereocenters. The van der Waals surface area contributed by atoms with Crippen molar-refractivity contribution >= 4 is 0 Å². The Morgan fingerprint density at radius 2 is 2.47 bits per heavy atom. The highest BCUT2D eigenvalue weighted by Crippen LogP contribution is 2.25. The summed E-state index contributed by atoms with van der Waals surface area (Å²) in [5.41, 5.74) is 0. The minimum absolute atomic E-state index is 0.655. The molecule has 3 heteroatoms. The molecular formula is C12H20N2O. The van der Waals surface area contributed by atoms with Gasteiger partial charge >= 0.3 is 0 Å². The second kappa shape index (κ2) is 4.81. The third-order valence-electron chi connectivity index (χ3n) is 3.45. The molecule has 0 saturated carbocycles. The molecule has 1 saturated heterocycles. The van der Waals surface area contributed by atoms with E-state index in [4.69, 9.17) is 4.42 Å². The molecule has 2 unspecified atom stereocenters. The molecule has 0 spiro atoms. The second-order valence-electron chi connectivity index (χ2n) is 4.40. The molecule has 1 aliphatic rings. The molecule has 3 nitrogen and oxygen atoms in total. The van der Waals surface area contributed by atoms with E-state index in [-0.39, 0.29) is 0 Å². The van der Waals surface area contributed by atoms with Gasteiger partial charge in [-0.3, -0.25) is 4.90 Å². The van der Waals surface area contributed by atoms with Gasteiger partial charge in [0, 0.05) is 6.04 Å². The second-order valence-corrected chi connectivity index (χ2v) is 4.40. The largest absolute Gasteiger partial charge is 0.468 e. The van der Waals surface area contributed by atoms with Gasteiger partial charge in [-0.05, 0) is 51.5 Å². The Kier molecular flexibility index (Phi) is 3.44. The molecule has 15 heavy (non-hydrogen) atoms. The lowest BCUT2D eigenvalue weighted by Crippen LogP contribution is -2.33. The van der Waals surface area contributed by atoms with E-state index < -0.39 is 0 Å². The summed E-state index contributed by atoms with van der Waals surface area (Å²) in [6, 6.07) is 4.67. The van der Waals surface area contributed by atoms with Crippen molar-refractivity contribution < 1.29 is 4.42 Å². The van der Waals surface area contributed by atoms with Crippen molar-refractivity contribution in [3.05, 3.63) is 24.2 Å². The molecule has 0 radical (unpaired) electrons. The summed E-state index contributed by atoms with van der Waals surface area (Å²) >= 11 is 0. The number of hydrogen-bond acceptors (Lipinski definition) is 3. The average Bonchev–Trinajstić information content (AvgIpc) is 2.83. The van der Waals surface area contributed by atoms with Crippen molar-refractivity contribution in [2.24, 2.45) is 5.92 Å². The summed E-state index contributed by atoms with van der Waals surface area (Å²) in [5.74, 6) is 1.86. The molecule has 2 heterocycles. The Hall–Kier alpha value is -0.800. The zero-order valence-corrected chi connectivity index (χ0v) is 9.57. The van der Waals surface area contributed by atoms with E-state index >= 15 is 0 Å². The zero-order chi connectivity index (χ0) is 10.7. The lowest BCUT2D eigenvalue weighted by Gasteiger charge is -2.23. The lowest BCUT2D eigenvalue weighted by atomic mass is 10.0. The van der Waals surface area contributed by atoms with Crippen LogP contribution in [0, 0.1) is 5.92 Å². The number of hydrogen-bond donors (Lipinski definition) is 1. The predicted octanol–water partition coefficient (Wildman–Crippen LogP) is 1.71. The van der Waals surface area contributed by atoms with E-state index in [1.165, 1.54) is 13.0 Å². The Bertz CT molecular complexity index is 284. The first-order valence-corrected chi connectivity index (χ1v) is 5.72. The standard InChI is InChI=1S/C12H20N2O/c1-10-11(8-13-2)5-6-14(10)9-12-4-3-7-15-12/h3-4,7,10-11,13H,5-6,8-9H2,1-2H3. The van der Waals surface area contributed by atoms with Crippen LogP contribution in [0.3, 0.4) is 0 Å². The summed E-state index contributed by atoms with van der Waals surface area (Å²) in [6.45, 7) is 5.58. The Morgan fingerprint density at radius 3 is 3.13 bits per heavy atom. The van der Waals surface area contributed by atoms with Crippen LogP contribution in [0.4, 0.5) is 0 Å². The minimum Gasteiger partial charge on any atom is -0.468 e. The minimum atomic E-state index is 0.655. The van der Waals surface area contributed by atoms with E-state index in [2.05, 4.69) is 23.2 Å². The maximum atomic E-state index is 5.38. The van der Waals surface area contributed by atoms with Crippen LogP contribution in [-0.2, 0) is 6.54 Å². The van der Waals surface area contributed by atoms with Crippen LogP contribution in [0.2, 0.25) is 0 Å². The van der Waals surface area contributed by atoms with Gasteiger partial charge in [0.1, 0.15) is 5.76 Å². The summed E-state index contributed by atoms with van der Waals surface area (Å²) in [4.78, 5) is 2.50. The summed E-state index contributed by atoms with van der Waals surface area (Å²) < 4.78 is 5.38. The van der Waals surface area contributed by atoms with Crippen LogP contribution in [-0.4, -0.2) is 31.1 Å². The smallest absolute Gasteiger partial charge is 0.117 e. The quantitative estimate of drug-likeness (QED) is 0.816. The number of rotatable bonds is 4. The van der Waals surface area contributed by atoms with Crippen LogP contribution in [0.5, 0.6) is 0 Å². The van der Waals surface area contributed by atoms with Crippen LogP contribution in [0.25, 0.3) is 0 Å². The molecular weight excluding hydrogens is 188 g/mol. The highest BCUT2D eigenvalue weighted by atomic mass is 16.3. The monoisotopic (exact) mass is 208 g/mol. The van der Waals surface area contributed by atoms with Crippen molar-refractivity contribution in [1.29, 1.82) is 0 Å². The van der Waals surface area contributed by atoms with Gasteiger partial charge in [0.2, 0.25) is 0 Å². The van der Waals surface area contributed by atoms with Gasteiger partial charge in [-0.15, -0.1) is 0 Å². The zero-order valence-electron chi connectivity index (χ0n) is 9.57. The third-order valence-corrected chi connectivity index (χ3v) is 3.45. The van der Waals surface area contributed by atoms with Crippen molar-refractivity contribution in [3.8, 4) is 0 Å². The average molecular weight is 208 g/mol.